The Balaban J connectivity index is 2.15. The maximum absolute atomic E-state index is 10.8. The van der Waals surface area contributed by atoms with E-state index in [1.165, 1.54) is 37.7 Å². The van der Waals surface area contributed by atoms with Gasteiger partial charge in [0, 0.05) is 0 Å². The third kappa shape index (κ3) is 2.77. The molecule has 0 amide bonds. The quantitative estimate of drug-likeness (QED) is 0.769. The molecular weight excluding hydrogens is 303 g/mol. The van der Waals surface area contributed by atoms with Crippen molar-refractivity contribution in [3.05, 3.63) is 33.4 Å². The van der Waals surface area contributed by atoms with Crippen molar-refractivity contribution in [2.24, 2.45) is 0 Å². The molecule has 0 aromatic heterocycles. The van der Waals surface area contributed by atoms with Gasteiger partial charge in [-0.25, -0.2) is 6.14 Å². The van der Waals surface area contributed by atoms with Crippen LogP contribution in [-0.2, 0) is 6.14 Å². The van der Waals surface area contributed by atoms with Gasteiger partial charge in [0.25, 0.3) is 0 Å². The van der Waals surface area contributed by atoms with E-state index >= 15 is 0 Å². The van der Waals surface area contributed by atoms with Gasteiger partial charge in [0.15, 0.2) is 0 Å². The van der Waals surface area contributed by atoms with Gasteiger partial charge < -0.3 is 0 Å². The molecule has 1 aliphatic rings. The molecular formula is C12H15IO2. The first-order chi connectivity index (χ1) is 7.27. The van der Waals surface area contributed by atoms with Crippen molar-refractivity contribution < 1.29 is 6.14 Å². The lowest BCUT2D eigenvalue weighted by atomic mass is 9.84. The van der Waals surface area contributed by atoms with Crippen LogP contribution in [0.1, 0.15) is 43.6 Å². The number of benzene rings is 1. The molecule has 1 aliphatic carbocycles. The largest absolute Gasteiger partial charge is 0.340 e. The number of hydrogen-bond donors (Lipinski definition) is 0. The van der Waals surface area contributed by atoms with E-state index in [-0.39, 0.29) is 0 Å². The Morgan fingerprint density at radius 3 is 2.07 bits per heavy atom. The second kappa shape index (κ2) is 5.05. The molecule has 1 fully saturated rings. The maximum atomic E-state index is 10.8. The van der Waals surface area contributed by atoms with Crippen LogP contribution in [-0.4, -0.2) is 0 Å². The molecule has 0 saturated heterocycles. The Kier molecular flexibility index (Phi) is 3.72. The summed E-state index contributed by atoms with van der Waals surface area (Å²) in [5.74, 6) is 0.661. The molecule has 3 heteroatoms. The van der Waals surface area contributed by atoms with E-state index in [0.717, 1.165) is 0 Å². The number of halogens is 1. The van der Waals surface area contributed by atoms with Crippen molar-refractivity contribution in [1.29, 1.82) is 0 Å². The minimum Gasteiger partial charge on any atom is -0.230 e. The first kappa shape index (κ1) is 11.0. The molecule has 0 radical (unpaired) electrons. The van der Waals surface area contributed by atoms with Crippen LogP contribution in [0.25, 0.3) is 0 Å². The summed E-state index contributed by atoms with van der Waals surface area (Å²) in [7, 11) is 0. The fourth-order valence-corrected chi connectivity index (χ4v) is 3.22. The van der Waals surface area contributed by atoms with E-state index in [0.29, 0.717) is 9.49 Å². The highest BCUT2D eigenvalue weighted by molar-refractivity contribution is 14.2. The number of rotatable bonds is 2. The molecule has 1 aromatic rings. The average Bonchev–Trinajstić information content (AvgIpc) is 2.30. The summed E-state index contributed by atoms with van der Waals surface area (Å²) in [6.45, 7) is 0. The van der Waals surface area contributed by atoms with Crippen molar-refractivity contribution in [3.8, 4) is 0 Å². The summed E-state index contributed by atoms with van der Waals surface area (Å²) in [5.41, 5.74) is 1.32. The zero-order chi connectivity index (χ0) is 10.7. The van der Waals surface area contributed by atoms with Crippen molar-refractivity contribution >= 4 is 19.8 Å². The van der Waals surface area contributed by atoms with Gasteiger partial charge in [0.2, 0.25) is 0 Å². The summed E-state index contributed by atoms with van der Waals surface area (Å²) in [4.78, 5) is 0. The van der Waals surface area contributed by atoms with E-state index in [9.17, 15) is 6.14 Å². The van der Waals surface area contributed by atoms with E-state index in [1.807, 2.05) is 12.1 Å². The lowest BCUT2D eigenvalue weighted by molar-refractivity contribution is 0.443. The van der Waals surface area contributed by atoms with E-state index in [1.54, 1.807) is 12.1 Å². The summed E-state index contributed by atoms with van der Waals surface area (Å²) in [6, 6.07) is 7.50. The van der Waals surface area contributed by atoms with Gasteiger partial charge in [0.1, 0.15) is 0 Å². The van der Waals surface area contributed by atoms with Gasteiger partial charge in [-0.05, 0) is 36.5 Å². The molecule has 0 atom stereocenters. The molecule has 82 valence electrons. The Labute approximate surface area is 97.2 Å². The van der Waals surface area contributed by atoms with Gasteiger partial charge in [-0.2, -0.15) is 0 Å². The molecule has 0 N–H and O–H groups in total. The average molecular weight is 318 g/mol. The van der Waals surface area contributed by atoms with Crippen molar-refractivity contribution in [2.45, 2.75) is 38.0 Å². The van der Waals surface area contributed by atoms with Gasteiger partial charge in [-0.1, -0.05) is 31.4 Å². The van der Waals surface area contributed by atoms with Crippen molar-refractivity contribution in [3.63, 3.8) is 0 Å². The van der Waals surface area contributed by atoms with E-state index < -0.39 is 19.8 Å². The molecule has 2 rings (SSSR count). The topological polar surface area (TPSA) is 34.1 Å². The van der Waals surface area contributed by atoms with Crippen molar-refractivity contribution in [2.75, 3.05) is 0 Å². The smallest absolute Gasteiger partial charge is 0.230 e. The SMILES string of the molecule is O=I(=O)c1ccc(C2CCCCC2)cc1. The normalized spacial score (nSPS) is 18.2. The molecule has 0 spiro atoms. The van der Waals surface area contributed by atoms with E-state index in [4.69, 9.17) is 0 Å². The minimum atomic E-state index is -3.25. The highest BCUT2D eigenvalue weighted by Gasteiger charge is 2.15. The molecule has 0 heterocycles. The number of hydrogen-bond acceptors (Lipinski definition) is 2. The molecule has 0 bridgehead atoms. The Hall–Kier alpha value is -0.450. The lowest BCUT2D eigenvalue weighted by Gasteiger charge is -2.21. The molecule has 1 saturated carbocycles. The zero-order valence-corrected chi connectivity index (χ0v) is 10.8. The predicted octanol–water partition coefficient (Wildman–Crippen LogP) is 4.10. The van der Waals surface area contributed by atoms with Gasteiger partial charge in [-0.3, -0.25) is 0 Å². The highest BCUT2D eigenvalue weighted by atomic mass is 127. The van der Waals surface area contributed by atoms with Crippen LogP contribution in [0.15, 0.2) is 24.3 Å². The summed E-state index contributed by atoms with van der Waals surface area (Å²) in [5, 5.41) is 0. The molecule has 1 aromatic carbocycles. The maximum Gasteiger partial charge on any atom is 0.340 e. The molecule has 0 aliphatic heterocycles. The fourth-order valence-electron chi connectivity index (χ4n) is 2.27. The molecule has 2 nitrogen and oxygen atoms in total. The van der Waals surface area contributed by atoms with Gasteiger partial charge in [-0.15, -0.1) is 0 Å². The minimum absolute atomic E-state index is 0.513. The van der Waals surface area contributed by atoms with Crippen LogP contribution >= 0.6 is 19.8 Å². The second-order valence-electron chi connectivity index (χ2n) is 4.10. The van der Waals surface area contributed by atoms with E-state index in [2.05, 4.69) is 0 Å². The zero-order valence-electron chi connectivity index (χ0n) is 8.62. The summed E-state index contributed by atoms with van der Waals surface area (Å²) in [6.07, 6.45) is 6.50. The second-order valence-corrected chi connectivity index (χ2v) is 6.59. The Morgan fingerprint density at radius 1 is 0.933 bits per heavy atom. The lowest BCUT2D eigenvalue weighted by Crippen LogP contribution is -2.04. The van der Waals surface area contributed by atoms with Crippen LogP contribution in [0.4, 0.5) is 0 Å². The van der Waals surface area contributed by atoms with Crippen LogP contribution in [0.3, 0.4) is 0 Å². The van der Waals surface area contributed by atoms with Crippen molar-refractivity contribution in [1.82, 2.24) is 0 Å². The van der Waals surface area contributed by atoms with Crippen LogP contribution in [0.5, 0.6) is 0 Å². The Bertz CT molecular complexity index is 379. The Morgan fingerprint density at radius 2 is 1.53 bits per heavy atom. The summed E-state index contributed by atoms with van der Waals surface area (Å²) < 4.78 is 22.1. The molecule has 15 heavy (non-hydrogen) atoms. The third-order valence-electron chi connectivity index (χ3n) is 3.12. The highest BCUT2D eigenvalue weighted by Crippen LogP contribution is 2.33. The van der Waals surface area contributed by atoms with Gasteiger partial charge >= 0.3 is 19.8 Å². The van der Waals surface area contributed by atoms with Crippen LogP contribution in [0, 0.1) is 3.57 Å². The third-order valence-corrected chi connectivity index (χ3v) is 4.86. The molecule has 0 unspecified atom stereocenters. The van der Waals surface area contributed by atoms with Crippen LogP contribution < -0.4 is 0 Å². The van der Waals surface area contributed by atoms with Gasteiger partial charge in [0.05, 0.1) is 3.57 Å². The van der Waals surface area contributed by atoms with Crippen LogP contribution in [0.2, 0.25) is 0 Å². The summed E-state index contributed by atoms with van der Waals surface area (Å²) >= 11 is -3.25. The first-order valence-corrected chi connectivity index (χ1v) is 8.26. The standard InChI is InChI=1S/C12H15IO2/c14-13(15)12-8-6-11(7-9-12)10-4-2-1-3-5-10/h6-10H,1-5H2. The first-order valence-electron chi connectivity index (χ1n) is 5.42. The monoisotopic (exact) mass is 318 g/mol. The fraction of sp³-hybridized carbons (Fsp3) is 0.500. The predicted molar refractivity (Wildman–Crippen MR) is 66.4 cm³/mol.